The standard InChI is InChI=1S/C13H15Cl2N3O/c1-7(2)18-13(12(16)8(3)17-18)19-11-6-9(14)4-5-10(11)15/h4-7H,16H2,1-3H3. The Morgan fingerprint density at radius 2 is 2.00 bits per heavy atom. The fourth-order valence-electron chi connectivity index (χ4n) is 1.65. The highest BCUT2D eigenvalue weighted by molar-refractivity contribution is 6.34. The molecule has 0 saturated heterocycles. The molecule has 0 fully saturated rings. The van der Waals surface area contributed by atoms with E-state index >= 15 is 0 Å². The molecule has 0 spiro atoms. The number of benzene rings is 1. The summed E-state index contributed by atoms with van der Waals surface area (Å²) in [6.45, 7) is 5.83. The Kier molecular flexibility index (Phi) is 3.92. The zero-order valence-electron chi connectivity index (χ0n) is 10.9. The van der Waals surface area contributed by atoms with E-state index in [-0.39, 0.29) is 6.04 Å². The maximum Gasteiger partial charge on any atom is 0.241 e. The number of anilines is 1. The van der Waals surface area contributed by atoms with E-state index in [1.165, 1.54) is 0 Å². The molecule has 2 N–H and O–H groups in total. The third-order valence-corrected chi connectivity index (χ3v) is 3.22. The molecule has 6 heteroatoms. The minimum Gasteiger partial charge on any atom is -0.436 e. The number of aromatic nitrogens is 2. The van der Waals surface area contributed by atoms with Crippen molar-refractivity contribution < 1.29 is 4.74 Å². The summed E-state index contributed by atoms with van der Waals surface area (Å²) in [5.74, 6) is 0.944. The van der Waals surface area contributed by atoms with Crippen molar-refractivity contribution in [1.29, 1.82) is 0 Å². The minimum absolute atomic E-state index is 0.129. The Balaban J connectivity index is 2.45. The monoisotopic (exact) mass is 299 g/mol. The van der Waals surface area contributed by atoms with E-state index in [1.807, 2.05) is 20.8 Å². The smallest absolute Gasteiger partial charge is 0.241 e. The third-order valence-electron chi connectivity index (χ3n) is 2.68. The summed E-state index contributed by atoms with van der Waals surface area (Å²) < 4.78 is 7.52. The van der Waals surface area contributed by atoms with Gasteiger partial charge in [-0.1, -0.05) is 23.2 Å². The van der Waals surface area contributed by atoms with Gasteiger partial charge in [-0.3, -0.25) is 0 Å². The number of hydrogen-bond acceptors (Lipinski definition) is 3. The van der Waals surface area contributed by atoms with Gasteiger partial charge in [-0.15, -0.1) is 0 Å². The highest BCUT2D eigenvalue weighted by atomic mass is 35.5. The van der Waals surface area contributed by atoms with E-state index in [0.29, 0.717) is 27.4 Å². The van der Waals surface area contributed by atoms with Gasteiger partial charge in [-0.25, -0.2) is 4.68 Å². The third kappa shape index (κ3) is 2.80. The molecule has 19 heavy (non-hydrogen) atoms. The normalized spacial score (nSPS) is 11.1. The van der Waals surface area contributed by atoms with Gasteiger partial charge in [0.1, 0.15) is 11.4 Å². The minimum atomic E-state index is 0.129. The molecule has 1 aromatic heterocycles. The molecule has 1 heterocycles. The second-order valence-corrected chi connectivity index (χ2v) is 5.36. The van der Waals surface area contributed by atoms with Crippen LogP contribution in [0.3, 0.4) is 0 Å². The molecular formula is C13H15Cl2N3O. The summed E-state index contributed by atoms with van der Waals surface area (Å²) in [4.78, 5) is 0. The lowest BCUT2D eigenvalue weighted by Gasteiger charge is -2.13. The molecule has 0 aliphatic heterocycles. The number of halogens is 2. The molecule has 4 nitrogen and oxygen atoms in total. The second-order valence-electron chi connectivity index (χ2n) is 4.52. The van der Waals surface area contributed by atoms with E-state index in [2.05, 4.69) is 5.10 Å². The maximum atomic E-state index is 6.08. The molecule has 0 aliphatic rings. The fourth-order valence-corrected chi connectivity index (χ4v) is 1.97. The first kappa shape index (κ1) is 14.0. The van der Waals surface area contributed by atoms with E-state index < -0.39 is 0 Å². The Morgan fingerprint density at radius 3 is 2.63 bits per heavy atom. The van der Waals surface area contributed by atoms with Gasteiger partial charge in [0, 0.05) is 11.1 Å². The zero-order valence-corrected chi connectivity index (χ0v) is 12.5. The van der Waals surface area contributed by atoms with Crippen molar-refractivity contribution in [1.82, 2.24) is 9.78 Å². The van der Waals surface area contributed by atoms with Gasteiger partial charge in [0.2, 0.25) is 5.88 Å². The molecule has 0 saturated carbocycles. The van der Waals surface area contributed by atoms with Gasteiger partial charge in [-0.2, -0.15) is 5.10 Å². The Labute approximate surface area is 122 Å². The Hall–Kier alpha value is -1.39. The first-order valence-corrected chi connectivity index (χ1v) is 6.63. The van der Waals surface area contributed by atoms with Crippen molar-refractivity contribution in [3.8, 4) is 11.6 Å². The van der Waals surface area contributed by atoms with Crippen LogP contribution in [0, 0.1) is 6.92 Å². The molecule has 2 aromatic rings. The van der Waals surface area contributed by atoms with Crippen molar-refractivity contribution in [3.63, 3.8) is 0 Å². The van der Waals surface area contributed by atoms with Gasteiger partial charge in [0.25, 0.3) is 0 Å². The first-order chi connectivity index (χ1) is 8.90. The van der Waals surface area contributed by atoms with Crippen LogP contribution >= 0.6 is 23.2 Å². The van der Waals surface area contributed by atoms with Gasteiger partial charge in [0.05, 0.1) is 16.8 Å². The largest absolute Gasteiger partial charge is 0.436 e. The van der Waals surface area contributed by atoms with Crippen LogP contribution < -0.4 is 10.5 Å². The summed E-state index contributed by atoms with van der Waals surface area (Å²) in [5, 5.41) is 5.37. The summed E-state index contributed by atoms with van der Waals surface area (Å²) >= 11 is 12.0. The van der Waals surface area contributed by atoms with E-state index in [4.69, 9.17) is 33.7 Å². The molecule has 0 unspecified atom stereocenters. The van der Waals surface area contributed by atoms with Crippen molar-refractivity contribution in [2.24, 2.45) is 0 Å². The van der Waals surface area contributed by atoms with Crippen molar-refractivity contribution in [2.45, 2.75) is 26.8 Å². The molecule has 0 amide bonds. The van der Waals surface area contributed by atoms with Crippen molar-refractivity contribution in [3.05, 3.63) is 33.9 Å². The zero-order chi connectivity index (χ0) is 14.2. The molecule has 0 atom stereocenters. The number of rotatable bonds is 3. The topological polar surface area (TPSA) is 53.1 Å². The second kappa shape index (κ2) is 5.31. The predicted molar refractivity (Wildman–Crippen MR) is 78.3 cm³/mol. The predicted octanol–water partition coefficient (Wildman–Crippen LogP) is 4.45. The number of nitrogen functional groups attached to an aromatic ring is 1. The van der Waals surface area contributed by atoms with E-state index in [9.17, 15) is 0 Å². The number of ether oxygens (including phenoxy) is 1. The first-order valence-electron chi connectivity index (χ1n) is 5.87. The van der Waals surface area contributed by atoms with Crippen LogP contribution in [0.4, 0.5) is 5.69 Å². The van der Waals surface area contributed by atoms with Crippen molar-refractivity contribution in [2.75, 3.05) is 5.73 Å². The average Bonchev–Trinajstić information content (AvgIpc) is 2.62. The summed E-state index contributed by atoms with van der Waals surface area (Å²) in [7, 11) is 0. The summed E-state index contributed by atoms with van der Waals surface area (Å²) in [6, 6.07) is 5.16. The summed E-state index contributed by atoms with van der Waals surface area (Å²) in [6.07, 6.45) is 0. The van der Waals surface area contributed by atoms with Crippen LogP contribution in [0.25, 0.3) is 0 Å². The molecular weight excluding hydrogens is 285 g/mol. The quantitative estimate of drug-likeness (QED) is 0.910. The van der Waals surface area contributed by atoms with Gasteiger partial charge >= 0.3 is 0 Å². The number of aryl methyl sites for hydroxylation is 1. The van der Waals surface area contributed by atoms with Crippen LogP contribution in [-0.2, 0) is 0 Å². The van der Waals surface area contributed by atoms with Gasteiger partial charge in [0.15, 0.2) is 0 Å². The highest BCUT2D eigenvalue weighted by Crippen LogP contribution is 2.36. The maximum absolute atomic E-state index is 6.08. The molecule has 102 valence electrons. The van der Waals surface area contributed by atoms with Gasteiger partial charge in [-0.05, 0) is 32.9 Å². The lowest BCUT2D eigenvalue weighted by Crippen LogP contribution is -2.05. The van der Waals surface area contributed by atoms with Crippen LogP contribution in [-0.4, -0.2) is 9.78 Å². The number of nitrogens with zero attached hydrogens (tertiary/aromatic N) is 2. The Bertz CT molecular complexity index is 608. The lowest BCUT2D eigenvalue weighted by atomic mass is 10.3. The van der Waals surface area contributed by atoms with Crippen molar-refractivity contribution >= 4 is 28.9 Å². The Morgan fingerprint density at radius 1 is 1.32 bits per heavy atom. The van der Waals surface area contributed by atoms with Crippen LogP contribution in [0.2, 0.25) is 10.0 Å². The molecule has 0 bridgehead atoms. The van der Waals surface area contributed by atoms with Crippen LogP contribution in [0.5, 0.6) is 11.6 Å². The SMILES string of the molecule is Cc1nn(C(C)C)c(Oc2cc(Cl)ccc2Cl)c1N. The highest BCUT2D eigenvalue weighted by Gasteiger charge is 2.18. The molecule has 1 aromatic carbocycles. The molecule has 2 rings (SSSR count). The average molecular weight is 300 g/mol. The summed E-state index contributed by atoms with van der Waals surface area (Å²) in [5.41, 5.74) is 7.22. The molecule has 0 radical (unpaired) electrons. The number of nitrogens with two attached hydrogens (primary N) is 1. The fraction of sp³-hybridized carbons (Fsp3) is 0.308. The van der Waals surface area contributed by atoms with Crippen LogP contribution in [0.1, 0.15) is 25.6 Å². The van der Waals surface area contributed by atoms with E-state index in [0.717, 1.165) is 5.69 Å². The molecule has 0 aliphatic carbocycles. The lowest BCUT2D eigenvalue weighted by molar-refractivity contribution is 0.390. The number of hydrogen-bond donors (Lipinski definition) is 1. The van der Waals surface area contributed by atoms with Gasteiger partial charge < -0.3 is 10.5 Å². The van der Waals surface area contributed by atoms with E-state index in [1.54, 1.807) is 22.9 Å². The van der Waals surface area contributed by atoms with Crippen LogP contribution in [0.15, 0.2) is 18.2 Å².